The molecule has 124 valence electrons. The first-order chi connectivity index (χ1) is 11.0. The van der Waals surface area contributed by atoms with Gasteiger partial charge in [-0.3, -0.25) is 9.59 Å². The third-order valence-electron chi connectivity index (χ3n) is 4.51. The van der Waals surface area contributed by atoms with Crippen molar-refractivity contribution in [3.8, 4) is 0 Å². The Hall–Kier alpha value is -2.15. The Morgan fingerprint density at radius 1 is 1.48 bits per heavy atom. The van der Waals surface area contributed by atoms with Gasteiger partial charge in [-0.15, -0.1) is 0 Å². The Kier molecular flexibility index (Phi) is 4.21. The zero-order chi connectivity index (χ0) is 16.6. The largest absolute Gasteiger partial charge is 0.442 e. The van der Waals surface area contributed by atoms with Crippen LogP contribution in [-0.2, 0) is 7.05 Å². The highest BCUT2D eigenvalue weighted by molar-refractivity contribution is 6.06. The summed E-state index contributed by atoms with van der Waals surface area (Å²) in [5.74, 6) is 0.207. The monoisotopic (exact) mass is 319 g/mol. The average molecular weight is 319 g/mol. The van der Waals surface area contributed by atoms with Crippen LogP contribution in [0.2, 0.25) is 0 Å². The number of aromatic nitrogens is 2. The maximum atomic E-state index is 13.1. The fourth-order valence-electron chi connectivity index (χ4n) is 3.31. The number of rotatable bonds is 3. The molecule has 2 aromatic rings. The molecule has 7 heteroatoms. The second-order valence-corrected chi connectivity index (χ2v) is 6.03. The molecule has 7 nitrogen and oxygen atoms in total. The molecule has 3 heterocycles. The second kappa shape index (κ2) is 6.16. The molecule has 0 bridgehead atoms. The first kappa shape index (κ1) is 15.7. The van der Waals surface area contributed by atoms with Crippen molar-refractivity contribution >= 4 is 17.0 Å². The summed E-state index contributed by atoms with van der Waals surface area (Å²) >= 11 is 0. The minimum atomic E-state index is -0.286. The molecule has 2 aromatic heterocycles. The van der Waals surface area contributed by atoms with E-state index in [1.807, 2.05) is 0 Å². The van der Waals surface area contributed by atoms with Crippen LogP contribution in [0.5, 0.6) is 0 Å². The molecule has 23 heavy (non-hydrogen) atoms. The summed E-state index contributed by atoms with van der Waals surface area (Å²) < 4.78 is 6.86. The lowest BCUT2D eigenvalue weighted by Gasteiger charge is -2.35. The van der Waals surface area contributed by atoms with Crippen LogP contribution in [0, 0.1) is 6.92 Å². The van der Waals surface area contributed by atoms with E-state index in [2.05, 4.69) is 4.98 Å². The Labute approximate surface area is 133 Å². The SMILES string of the molecule is Cc1oc2ncn(C)c(=O)c2c1C(=O)N1CCCCC1CCO. The van der Waals surface area contributed by atoms with E-state index < -0.39 is 0 Å². The van der Waals surface area contributed by atoms with E-state index in [0.29, 0.717) is 24.3 Å². The number of fused-ring (bicyclic) bond motifs is 1. The lowest BCUT2D eigenvalue weighted by Crippen LogP contribution is -2.44. The first-order valence-electron chi connectivity index (χ1n) is 7.91. The molecule has 1 unspecified atom stereocenters. The Morgan fingerprint density at radius 3 is 3.00 bits per heavy atom. The van der Waals surface area contributed by atoms with Gasteiger partial charge < -0.3 is 19.0 Å². The number of hydrogen-bond donors (Lipinski definition) is 1. The van der Waals surface area contributed by atoms with Crippen LogP contribution >= 0.6 is 0 Å². The Balaban J connectivity index is 2.08. The van der Waals surface area contributed by atoms with Crippen LogP contribution in [0.1, 0.15) is 41.8 Å². The number of amides is 1. The molecule has 1 fully saturated rings. The summed E-state index contributed by atoms with van der Waals surface area (Å²) in [6.07, 6.45) is 4.78. The molecule has 0 spiro atoms. The van der Waals surface area contributed by atoms with Gasteiger partial charge >= 0.3 is 0 Å². The first-order valence-corrected chi connectivity index (χ1v) is 7.91. The smallest absolute Gasteiger partial charge is 0.265 e. The second-order valence-electron chi connectivity index (χ2n) is 6.03. The molecule has 1 amide bonds. The van der Waals surface area contributed by atoms with E-state index in [1.54, 1.807) is 18.9 Å². The van der Waals surface area contributed by atoms with Gasteiger partial charge in [0.15, 0.2) is 0 Å². The zero-order valence-corrected chi connectivity index (χ0v) is 13.4. The van der Waals surface area contributed by atoms with Gasteiger partial charge in [-0.2, -0.15) is 0 Å². The van der Waals surface area contributed by atoms with Gasteiger partial charge in [0.2, 0.25) is 5.71 Å². The van der Waals surface area contributed by atoms with Gasteiger partial charge in [0, 0.05) is 26.2 Å². The summed E-state index contributed by atoms with van der Waals surface area (Å²) in [7, 11) is 1.60. The fourth-order valence-corrected chi connectivity index (χ4v) is 3.31. The number of aryl methyl sites for hydroxylation is 2. The zero-order valence-electron chi connectivity index (χ0n) is 13.4. The topological polar surface area (TPSA) is 88.6 Å². The van der Waals surface area contributed by atoms with Crippen molar-refractivity contribution in [2.75, 3.05) is 13.2 Å². The molecule has 0 aromatic carbocycles. The van der Waals surface area contributed by atoms with Crippen molar-refractivity contribution in [1.82, 2.24) is 14.5 Å². The van der Waals surface area contributed by atoms with E-state index in [9.17, 15) is 14.7 Å². The molecular formula is C16H21N3O4. The summed E-state index contributed by atoms with van der Waals surface area (Å²) in [5.41, 5.74) is 0.217. The maximum absolute atomic E-state index is 13.1. The number of piperidine rings is 1. The van der Waals surface area contributed by atoms with E-state index in [-0.39, 0.29) is 35.2 Å². The molecule has 0 saturated carbocycles. The van der Waals surface area contributed by atoms with Gasteiger partial charge in [0.25, 0.3) is 11.5 Å². The number of carbonyl (C=O) groups excluding carboxylic acids is 1. The predicted molar refractivity (Wildman–Crippen MR) is 84.4 cm³/mol. The normalized spacial score (nSPS) is 18.6. The van der Waals surface area contributed by atoms with Gasteiger partial charge in [0.05, 0.1) is 5.56 Å². The fraction of sp³-hybridized carbons (Fsp3) is 0.562. The summed E-state index contributed by atoms with van der Waals surface area (Å²) in [4.78, 5) is 31.3. The molecule has 0 radical (unpaired) electrons. The molecule has 3 rings (SSSR count). The Morgan fingerprint density at radius 2 is 2.26 bits per heavy atom. The minimum Gasteiger partial charge on any atom is -0.442 e. The van der Waals surface area contributed by atoms with E-state index >= 15 is 0 Å². The van der Waals surface area contributed by atoms with Crippen molar-refractivity contribution in [3.63, 3.8) is 0 Å². The summed E-state index contributed by atoms with van der Waals surface area (Å²) in [5, 5.41) is 9.48. The van der Waals surface area contributed by atoms with E-state index in [4.69, 9.17) is 4.42 Å². The number of nitrogens with zero attached hydrogens (tertiary/aromatic N) is 3. The van der Waals surface area contributed by atoms with Gasteiger partial charge in [-0.1, -0.05) is 0 Å². The van der Waals surface area contributed by atoms with E-state index in [1.165, 1.54) is 10.9 Å². The number of likely N-dealkylation sites (tertiary alicyclic amines) is 1. The standard InChI is InChI=1S/C16H21N3O4/c1-10-12(13-14(23-10)17-9-18(2)15(13)21)16(22)19-7-4-3-5-11(19)6-8-20/h9,11,20H,3-8H2,1-2H3. The number of carbonyl (C=O) groups is 1. The third kappa shape index (κ3) is 2.65. The van der Waals surface area contributed by atoms with Crippen molar-refractivity contribution in [2.45, 2.75) is 38.6 Å². The van der Waals surface area contributed by atoms with Crippen LogP contribution in [-0.4, -0.2) is 44.7 Å². The summed E-state index contributed by atoms with van der Waals surface area (Å²) in [6, 6.07) is 0.00567. The molecular weight excluding hydrogens is 298 g/mol. The number of hydrogen-bond acceptors (Lipinski definition) is 5. The molecule has 1 N–H and O–H groups in total. The van der Waals surface area contributed by atoms with Crippen molar-refractivity contribution < 1.29 is 14.3 Å². The maximum Gasteiger partial charge on any atom is 0.265 e. The summed E-state index contributed by atoms with van der Waals surface area (Å²) in [6.45, 7) is 2.36. The van der Waals surface area contributed by atoms with Crippen LogP contribution in [0.3, 0.4) is 0 Å². The predicted octanol–water partition coefficient (Wildman–Crippen LogP) is 1.21. The van der Waals surface area contributed by atoms with Gasteiger partial charge in [-0.05, 0) is 32.6 Å². The highest BCUT2D eigenvalue weighted by Gasteiger charge is 2.31. The van der Waals surface area contributed by atoms with Gasteiger partial charge in [0.1, 0.15) is 17.5 Å². The van der Waals surface area contributed by atoms with Gasteiger partial charge in [-0.25, -0.2) is 4.98 Å². The molecule has 1 atom stereocenters. The molecule has 1 aliphatic heterocycles. The highest BCUT2D eigenvalue weighted by atomic mass is 16.3. The highest BCUT2D eigenvalue weighted by Crippen LogP contribution is 2.27. The third-order valence-corrected chi connectivity index (χ3v) is 4.51. The molecule has 1 aliphatic rings. The molecule has 1 saturated heterocycles. The lowest BCUT2D eigenvalue weighted by molar-refractivity contribution is 0.0574. The van der Waals surface area contributed by atoms with Crippen LogP contribution in [0.4, 0.5) is 0 Å². The number of aliphatic hydroxyl groups excluding tert-OH is 1. The van der Waals surface area contributed by atoms with Crippen LogP contribution in [0.25, 0.3) is 11.1 Å². The Bertz CT molecular complexity index is 790. The molecule has 0 aliphatic carbocycles. The van der Waals surface area contributed by atoms with Crippen LogP contribution in [0.15, 0.2) is 15.5 Å². The number of furan rings is 1. The van der Waals surface area contributed by atoms with Crippen molar-refractivity contribution in [1.29, 1.82) is 0 Å². The average Bonchev–Trinajstić information content (AvgIpc) is 2.88. The number of aliphatic hydroxyl groups is 1. The minimum absolute atomic E-state index is 0.00567. The van der Waals surface area contributed by atoms with Crippen LogP contribution < -0.4 is 5.56 Å². The van der Waals surface area contributed by atoms with E-state index in [0.717, 1.165) is 19.3 Å². The quantitative estimate of drug-likeness (QED) is 0.918. The van der Waals surface area contributed by atoms with Crippen molar-refractivity contribution in [2.24, 2.45) is 7.05 Å². The lowest BCUT2D eigenvalue weighted by atomic mass is 9.98. The van der Waals surface area contributed by atoms with Crippen molar-refractivity contribution in [3.05, 3.63) is 28.0 Å².